The Balaban J connectivity index is 1.83. The van der Waals surface area contributed by atoms with Gasteiger partial charge in [-0.15, -0.1) is 0 Å². The highest BCUT2D eigenvalue weighted by Gasteiger charge is 2.09. The molecule has 0 N–H and O–H groups in total. The van der Waals surface area contributed by atoms with Gasteiger partial charge in [0.15, 0.2) is 0 Å². The van der Waals surface area contributed by atoms with Crippen molar-refractivity contribution in [1.82, 2.24) is 14.8 Å². The van der Waals surface area contributed by atoms with E-state index in [9.17, 15) is 0 Å². The number of benzene rings is 1. The fourth-order valence-corrected chi connectivity index (χ4v) is 2.88. The topological polar surface area (TPSA) is 30.7 Å². The van der Waals surface area contributed by atoms with Crippen LogP contribution in [0.4, 0.5) is 0 Å². The Kier molecular flexibility index (Phi) is 5.77. The quantitative estimate of drug-likeness (QED) is 0.702. The molecular weight excluding hydrogens is 314 g/mol. The van der Waals surface area contributed by atoms with Gasteiger partial charge in [-0.25, -0.2) is 9.67 Å². The first-order valence-corrected chi connectivity index (χ1v) is 8.14. The van der Waals surface area contributed by atoms with E-state index in [1.165, 1.54) is 5.56 Å². The zero-order valence-corrected chi connectivity index (χ0v) is 13.8. The van der Waals surface area contributed by atoms with Crippen molar-refractivity contribution < 1.29 is 0 Å². The van der Waals surface area contributed by atoms with Gasteiger partial charge in [-0.3, -0.25) is 0 Å². The van der Waals surface area contributed by atoms with E-state index in [0.29, 0.717) is 10.7 Å². The van der Waals surface area contributed by atoms with Crippen molar-refractivity contribution in [3.63, 3.8) is 0 Å². The molecule has 1 aromatic heterocycles. The molecule has 0 bridgehead atoms. The maximum Gasteiger partial charge on any atom is 0.138 e. The van der Waals surface area contributed by atoms with Crippen LogP contribution in [0.25, 0.3) is 0 Å². The van der Waals surface area contributed by atoms with Crippen LogP contribution in [0.15, 0.2) is 36.7 Å². The van der Waals surface area contributed by atoms with E-state index in [0.717, 1.165) is 31.6 Å². The minimum absolute atomic E-state index is 0.421. The van der Waals surface area contributed by atoms with Gasteiger partial charge in [0, 0.05) is 17.8 Å². The van der Waals surface area contributed by atoms with Gasteiger partial charge in [-0.05, 0) is 24.3 Å². The number of rotatable bonds is 7. The van der Waals surface area contributed by atoms with E-state index < -0.39 is 0 Å². The van der Waals surface area contributed by atoms with Crippen molar-refractivity contribution in [3.05, 3.63) is 48.0 Å². The summed E-state index contributed by atoms with van der Waals surface area (Å²) in [5, 5.41) is 4.31. The van der Waals surface area contributed by atoms with E-state index in [1.807, 2.05) is 4.68 Å². The number of nitrogens with zero attached hydrogens (tertiary/aromatic N) is 3. The maximum atomic E-state index is 4.38. The lowest BCUT2D eigenvalue weighted by Gasteiger charge is -2.11. The van der Waals surface area contributed by atoms with Crippen molar-refractivity contribution in [1.29, 1.82) is 0 Å². The van der Waals surface area contributed by atoms with Crippen LogP contribution in [0.3, 0.4) is 0 Å². The summed E-state index contributed by atoms with van der Waals surface area (Å²) in [5.41, 5.74) is 1.34. The van der Waals surface area contributed by atoms with Gasteiger partial charge >= 0.3 is 0 Å². The molecule has 0 radical (unpaired) electrons. The second-order valence-electron chi connectivity index (χ2n) is 5.52. The summed E-state index contributed by atoms with van der Waals surface area (Å²) in [6.07, 6.45) is 4.88. The normalized spacial score (nSPS) is 12.8. The molecule has 4 heteroatoms. The third kappa shape index (κ3) is 4.44. The number of aromatic nitrogens is 3. The lowest BCUT2D eigenvalue weighted by atomic mass is 10.1. The van der Waals surface area contributed by atoms with E-state index in [1.54, 1.807) is 6.33 Å². The number of alkyl halides is 1. The summed E-state index contributed by atoms with van der Waals surface area (Å²) in [5.74, 6) is 1.70. The van der Waals surface area contributed by atoms with Crippen molar-refractivity contribution in [2.45, 2.75) is 44.5 Å². The summed E-state index contributed by atoms with van der Waals surface area (Å²) in [4.78, 5) is 4.80. The number of hydrogen-bond donors (Lipinski definition) is 0. The smallest absolute Gasteiger partial charge is 0.138 e. The SMILES string of the molecule is CC(C)Cn1ncnc1CCCC(Br)c1ccccc1. The molecule has 20 heavy (non-hydrogen) atoms. The fourth-order valence-electron chi connectivity index (χ4n) is 2.25. The van der Waals surface area contributed by atoms with Crippen LogP contribution in [-0.2, 0) is 13.0 Å². The van der Waals surface area contributed by atoms with Gasteiger partial charge in [0.25, 0.3) is 0 Å². The van der Waals surface area contributed by atoms with Gasteiger partial charge in [-0.2, -0.15) is 5.10 Å². The Hall–Kier alpha value is -1.16. The first-order chi connectivity index (χ1) is 9.66. The van der Waals surface area contributed by atoms with Crippen molar-refractivity contribution in [2.24, 2.45) is 5.92 Å². The summed E-state index contributed by atoms with van der Waals surface area (Å²) in [6, 6.07) is 10.6. The minimum atomic E-state index is 0.421. The summed E-state index contributed by atoms with van der Waals surface area (Å²) in [7, 11) is 0. The first-order valence-electron chi connectivity index (χ1n) is 7.22. The Labute approximate surface area is 129 Å². The Morgan fingerprint density at radius 3 is 2.65 bits per heavy atom. The highest BCUT2D eigenvalue weighted by Crippen LogP contribution is 2.27. The predicted molar refractivity (Wildman–Crippen MR) is 85.9 cm³/mol. The Morgan fingerprint density at radius 1 is 1.20 bits per heavy atom. The molecule has 1 heterocycles. The van der Waals surface area contributed by atoms with E-state index in [-0.39, 0.29) is 0 Å². The molecule has 0 aliphatic carbocycles. The molecule has 1 atom stereocenters. The molecule has 0 spiro atoms. The van der Waals surface area contributed by atoms with Crippen LogP contribution < -0.4 is 0 Å². The molecule has 108 valence electrons. The summed E-state index contributed by atoms with van der Waals surface area (Å²) in [6.45, 7) is 5.36. The second-order valence-corrected chi connectivity index (χ2v) is 6.63. The highest BCUT2D eigenvalue weighted by atomic mass is 79.9. The minimum Gasteiger partial charge on any atom is -0.250 e. The van der Waals surface area contributed by atoms with Crippen LogP contribution in [0.1, 0.15) is 42.9 Å². The van der Waals surface area contributed by atoms with Crippen LogP contribution in [-0.4, -0.2) is 14.8 Å². The number of aryl methyl sites for hydroxylation is 1. The number of halogens is 1. The third-order valence-electron chi connectivity index (χ3n) is 3.25. The lowest BCUT2D eigenvalue weighted by Crippen LogP contribution is -2.10. The third-order valence-corrected chi connectivity index (χ3v) is 4.24. The molecule has 1 aromatic carbocycles. The van der Waals surface area contributed by atoms with Gasteiger partial charge in [0.1, 0.15) is 12.2 Å². The van der Waals surface area contributed by atoms with Crippen LogP contribution in [0.5, 0.6) is 0 Å². The summed E-state index contributed by atoms with van der Waals surface area (Å²) >= 11 is 3.77. The molecular formula is C16H22BrN3. The molecule has 2 rings (SSSR count). The molecule has 0 aliphatic rings. The molecule has 0 amide bonds. The molecule has 1 unspecified atom stereocenters. The van der Waals surface area contributed by atoms with Gasteiger partial charge < -0.3 is 0 Å². The molecule has 0 fully saturated rings. The van der Waals surface area contributed by atoms with Crippen LogP contribution >= 0.6 is 15.9 Å². The molecule has 0 saturated carbocycles. The van der Waals surface area contributed by atoms with Crippen molar-refractivity contribution in [2.75, 3.05) is 0 Å². The predicted octanol–water partition coefficient (Wildman–Crippen LogP) is 4.39. The van der Waals surface area contributed by atoms with Gasteiger partial charge in [-0.1, -0.05) is 60.1 Å². The molecule has 2 aromatic rings. The van der Waals surface area contributed by atoms with Crippen molar-refractivity contribution >= 4 is 15.9 Å². The fraction of sp³-hybridized carbons (Fsp3) is 0.500. The largest absolute Gasteiger partial charge is 0.250 e. The highest BCUT2D eigenvalue weighted by molar-refractivity contribution is 9.09. The van der Waals surface area contributed by atoms with E-state index in [4.69, 9.17) is 0 Å². The van der Waals surface area contributed by atoms with Crippen molar-refractivity contribution in [3.8, 4) is 0 Å². The molecule has 3 nitrogen and oxygen atoms in total. The van der Waals surface area contributed by atoms with E-state index >= 15 is 0 Å². The van der Waals surface area contributed by atoms with Crippen LogP contribution in [0, 0.1) is 5.92 Å². The second kappa shape index (κ2) is 7.58. The lowest BCUT2D eigenvalue weighted by molar-refractivity contribution is 0.462. The first kappa shape index (κ1) is 15.2. The average Bonchev–Trinajstić information content (AvgIpc) is 2.86. The monoisotopic (exact) mass is 335 g/mol. The van der Waals surface area contributed by atoms with Gasteiger partial charge in [0.05, 0.1) is 0 Å². The van der Waals surface area contributed by atoms with Gasteiger partial charge in [0.2, 0.25) is 0 Å². The Morgan fingerprint density at radius 2 is 1.95 bits per heavy atom. The van der Waals surface area contributed by atoms with Crippen LogP contribution in [0.2, 0.25) is 0 Å². The zero-order valence-electron chi connectivity index (χ0n) is 12.2. The standard InChI is InChI=1S/C16H22BrN3/c1-13(2)11-20-16(18-12-19-20)10-6-9-15(17)14-7-4-3-5-8-14/h3-5,7-8,12-13,15H,6,9-11H2,1-2H3. The average molecular weight is 336 g/mol. The summed E-state index contributed by atoms with van der Waals surface area (Å²) < 4.78 is 2.04. The number of hydrogen-bond acceptors (Lipinski definition) is 2. The van der Waals surface area contributed by atoms with E-state index in [2.05, 4.69) is 70.2 Å². The molecule has 0 saturated heterocycles. The Bertz CT molecular complexity index is 507. The zero-order chi connectivity index (χ0) is 14.4. The maximum absolute atomic E-state index is 4.38. The molecule has 0 aliphatic heterocycles.